The molecule has 1 fully saturated rings. The summed E-state index contributed by atoms with van der Waals surface area (Å²) in [7, 11) is 1.69. The number of ether oxygens (including phenoxy) is 1. The molecule has 2 atom stereocenters. The number of rotatable bonds is 2. The highest BCUT2D eigenvalue weighted by Crippen LogP contribution is 2.43. The minimum Gasteiger partial charge on any atom is -0.496 e. The number of Topliss-reactive ketones (excluding diaryl/α,β-unsaturated/α-hetero) is 1. The monoisotopic (exact) mass is 314 g/mol. The number of H-pyrrole nitrogens is 1. The van der Waals surface area contributed by atoms with E-state index in [1.165, 1.54) is 5.56 Å². The van der Waals surface area contributed by atoms with Crippen molar-refractivity contribution >= 4 is 16.7 Å². The normalized spacial score (nSPS) is 27.8. The van der Waals surface area contributed by atoms with Crippen LogP contribution < -0.4 is 4.74 Å². The molecule has 4 rings (SSSR count). The molecule has 2 aliphatic heterocycles. The van der Waals surface area contributed by atoms with E-state index in [0.717, 1.165) is 35.3 Å². The van der Waals surface area contributed by atoms with Gasteiger partial charge in [-0.25, -0.2) is 0 Å². The second kappa shape index (κ2) is 5.08. The van der Waals surface area contributed by atoms with Crippen molar-refractivity contribution in [1.82, 2.24) is 9.88 Å². The van der Waals surface area contributed by atoms with Gasteiger partial charge in [-0.15, -0.1) is 0 Å². The second-order valence-corrected chi connectivity index (χ2v) is 6.65. The molecule has 2 aromatic rings. The lowest BCUT2D eigenvalue weighted by Gasteiger charge is -2.45. The number of fused-ring (bicyclic) bond motifs is 5. The summed E-state index contributed by atoms with van der Waals surface area (Å²) < 4.78 is 5.52. The number of aliphatic hydroxyl groups is 1. The summed E-state index contributed by atoms with van der Waals surface area (Å²) >= 11 is 0. The maximum Gasteiger partial charge on any atom is 0.167 e. The molecule has 0 unspecified atom stereocenters. The Balaban J connectivity index is 1.81. The van der Waals surface area contributed by atoms with E-state index in [1.807, 2.05) is 25.1 Å². The van der Waals surface area contributed by atoms with Crippen molar-refractivity contribution in [2.75, 3.05) is 20.2 Å². The summed E-state index contributed by atoms with van der Waals surface area (Å²) in [6.07, 6.45) is 1.75. The van der Waals surface area contributed by atoms with E-state index in [-0.39, 0.29) is 11.8 Å². The third kappa shape index (κ3) is 2.03. The fourth-order valence-electron chi connectivity index (χ4n) is 4.13. The Hall–Kier alpha value is -1.85. The first-order valence-corrected chi connectivity index (χ1v) is 8.24. The zero-order valence-corrected chi connectivity index (χ0v) is 13.6. The van der Waals surface area contributed by atoms with E-state index < -0.39 is 5.60 Å². The molecule has 0 saturated carbocycles. The molecule has 0 radical (unpaired) electrons. The number of nitrogens with one attached hydrogen (secondary N) is 1. The maximum atomic E-state index is 12.4. The predicted molar refractivity (Wildman–Crippen MR) is 87.7 cm³/mol. The molecule has 1 aromatic heterocycles. The summed E-state index contributed by atoms with van der Waals surface area (Å²) in [5, 5.41) is 11.7. The van der Waals surface area contributed by atoms with Gasteiger partial charge in [-0.2, -0.15) is 0 Å². The number of aromatic nitrogens is 1. The lowest BCUT2D eigenvalue weighted by Crippen LogP contribution is -2.56. The van der Waals surface area contributed by atoms with Gasteiger partial charge in [0.1, 0.15) is 11.4 Å². The van der Waals surface area contributed by atoms with Crippen molar-refractivity contribution in [3.63, 3.8) is 0 Å². The average molecular weight is 314 g/mol. The Bertz CT molecular complexity index is 782. The molecule has 1 saturated heterocycles. The number of hydrogen-bond acceptors (Lipinski definition) is 4. The first-order valence-electron chi connectivity index (χ1n) is 8.24. The molecule has 1 aromatic carbocycles. The van der Waals surface area contributed by atoms with Crippen LogP contribution in [0.3, 0.4) is 0 Å². The second-order valence-electron chi connectivity index (χ2n) is 6.65. The van der Waals surface area contributed by atoms with Gasteiger partial charge in [-0.1, -0.05) is 13.0 Å². The highest BCUT2D eigenvalue weighted by atomic mass is 16.5. The van der Waals surface area contributed by atoms with E-state index >= 15 is 0 Å². The summed E-state index contributed by atoms with van der Waals surface area (Å²) in [5.41, 5.74) is 2.24. The van der Waals surface area contributed by atoms with Crippen LogP contribution in [0.15, 0.2) is 18.2 Å². The summed E-state index contributed by atoms with van der Waals surface area (Å²) in [6.45, 7) is 3.17. The third-order valence-corrected chi connectivity index (χ3v) is 5.51. The largest absolute Gasteiger partial charge is 0.496 e. The van der Waals surface area contributed by atoms with Crippen LogP contribution in [-0.2, 0) is 11.2 Å². The summed E-state index contributed by atoms with van der Waals surface area (Å²) in [6, 6.07) is 6.04. The SMILES string of the molecule is CC[C@]1(O)CN2CCc3c([nH]c4cccc(OC)c34)[C@H]2CC1=O. The number of aromatic amines is 1. The van der Waals surface area contributed by atoms with Gasteiger partial charge in [0.15, 0.2) is 5.78 Å². The molecule has 2 N–H and O–H groups in total. The van der Waals surface area contributed by atoms with Crippen molar-refractivity contribution in [2.24, 2.45) is 0 Å². The van der Waals surface area contributed by atoms with Gasteiger partial charge in [-0.05, 0) is 30.5 Å². The van der Waals surface area contributed by atoms with Crippen LogP contribution in [0.5, 0.6) is 5.75 Å². The van der Waals surface area contributed by atoms with Gasteiger partial charge in [0.2, 0.25) is 0 Å². The van der Waals surface area contributed by atoms with E-state index in [4.69, 9.17) is 4.74 Å². The van der Waals surface area contributed by atoms with E-state index in [2.05, 4.69) is 9.88 Å². The molecule has 23 heavy (non-hydrogen) atoms. The molecule has 2 aliphatic rings. The molecule has 0 aliphatic carbocycles. The molecule has 122 valence electrons. The Kier molecular flexibility index (Phi) is 3.25. The minimum absolute atomic E-state index is 0.0372. The van der Waals surface area contributed by atoms with Crippen molar-refractivity contribution in [2.45, 2.75) is 37.8 Å². The topological polar surface area (TPSA) is 65.6 Å². The molecule has 5 nitrogen and oxygen atoms in total. The zero-order valence-electron chi connectivity index (χ0n) is 13.6. The number of piperidine rings is 1. The van der Waals surface area contributed by atoms with Crippen LogP contribution in [-0.4, -0.2) is 46.6 Å². The predicted octanol–water partition coefficient (Wildman–Crippen LogP) is 2.19. The Labute approximate surface area is 135 Å². The zero-order chi connectivity index (χ0) is 16.2. The first-order chi connectivity index (χ1) is 11.1. The number of hydrogen-bond donors (Lipinski definition) is 2. The van der Waals surface area contributed by atoms with Gasteiger partial charge >= 0.3 is 0 Å². The minimum atomic E-state index is -1.18. The van der Waals surface area contributed by atoms with Crippen LogP contribution >= 0.6 is 0 Å². The molecule has 0 spiro atoms. The van der Waals surface area contributed by atoms with Crippen molar-refractivity contribution in [3.05, 3.63) is 29.5 Å². The molecule has 5 heteroatoms. The van der Waals surface area contributed by atoms with Crippen molar-refractivity contribution in [1.29, 1.82) is 0 Å². The Morgan fingerprint density at radius 1 is 1.48 bits per heavy atom. The lowest BCUT2D eigenvalue weighted by molar-refractivity contribution is -0.149. The first kappa shape index (κ1) is 14.7. The molecular weight excluding hydrogens is 292 g/mol. The van der Waals surface area contributed by atoms with Crippen molar-refractivity contribution in [3.8, 4) is 5.75 Å². The standard InChI is InChI=1S/C18H22N2O3/c1-3-18(22)10-20-8-7-11-16-12(5-4-6-14(16)23-2)19-17(11)13(20)9-15(18)21/h4-6,13,19,22H,3,7-10H2,1-2H3/t13-,18+/m1/s1. The molecule has 3 heterocycles. The number of ketones is 1. The average Bonchev–Trinajstić information content (AvgIpc) is 2.95. The van der Waals surface area contributed by atoms with Gasteiger partial charge in [0.25, 0.3) is 0 Å². The highest BCUT2D eigenvalue weighted by Gasteiger charge is 2.46. The Morgan fingerprint density at radius 3 is 3.04 bits per heavy atom. The number of nitrogens with zero attached hydrogens (tertiary/aromatic N) is 1. The van der Waals surface area contributed by atoms with Crippen LogP contribution in [0.2, 0.25) is 0 Å². The molecule has 0 bridgehead atoms. The van der Waals surface area contributed by atoms with Crippen molar-refractivity contribution < 1.29 is 14.6 Å². The van der Waals surface area contributed by atoms with Gasteiger partial charge in [0.05, 0.1) is 13.2 Å². The van der Waals surface area contributed by atoms with Crippen LogP contribution in [0.1, 0.15) is 37.1 Å². The van der Waals surface area contributed by atoms with Gasteiger partial charge in [-0.3, -0.25) is 9.69 Å². The van der Waals surface area contributed by atoms with E-state index in [1.54, 1.807) is 7.11 Å². The third-order valence-electron chi connectivity index (χ3n) is 5.51. The number of carbonyl (C=O) groups excluding carboxylic acids is 1. The summed E-state index contributed by atoms with van der Waals surface area (Å²) in [5.74, 6) is 0.834. The van der Waals surface area contributed by atoms with Gasteiger partial charge in [0, 0.05) is 36.1 Å². The van der Waals surface area contributed by atoms with Gasteiger partial charge < -0.3 is 14.8 Å². The molecule has 0 amide bonds. The number of carbonyl (C=O) groups is 1. The maximum absolute atomic E-state index is 12.4. The van der Waals surface area contributed by atoms with Crippen LogP contribution in [0, 0.1) is 0 Å². The number of methoxy groups -OCH3 is 1. The van der Waals surface area contributed by atoms with E-state index in [0.29, 0.717) is 19.4 Å². The number of benzene rings is 1. The molecular formula is C18H22N2O3. The van der Waals surface area contributed by atoms with Crippen LogP contribution in [0.25, 0.3) is 10.9 Å². The lowest BCUT2D eigenvalue weighted by atomic mass is 9.81. The fraction of sp³-hybridized carbons (Fsp3) is 0.500. The summed E-state index contributed by atoms with van der Waals surface area (Å²) in [4.78, 5) is 18.2. The van der Waals surface area contributed by atoms with E-state index in [9.17, 15) is 9.90 Å². The van der Waals surface area contributed by atoms with Crippen LogP contribution in [0.4, 0.5) is 0 Å². The highest BCUT2D eigenvalue weighted by molar-refractivity contribution is 5.92. The fourth-order valence-corrected chi connectivity index (χ4v) is 4.13. The smallest absolute Gasteiger partial charge is 0.167 e. The quantitative estimate of drug-likeness (QED) is 0.892. The Morgan fingerprint density at radius 2 is 2.30 bits per heavy atom.